The Morgan fingerprint density at radius 1 is 1.15 bits per heavy atom. The van der Waals surface area contributed by atoms with Crippen molar-refractivity contribution in [3.05, 3.63) is 46.8 Å². The molecule has 6 nitrogen and oxygen atoms in total. The van der Waals surface area contributed by atoms with E-state index in [1.54, 1.807) is 34.7 Å². The van der Waals surface area contributed by atoms with Crippen LogP contribution in [0, 0.1) is 17.5 Å². The lowest BCUT2D eigenvalue weighted by Crippen LogP contribution is -2.58. The van der Waals surface area contributed by atoms with Crippen LogP contribution < -0.4 is 5.32 Å². The molecule has 0 saturated heterocycles. The third-order valence-corrected chi connectivity index (χ3v) is 6.07. The van der Waals surface area contributed by atoms with E-state index in [2.05, 4.69) is 15.5 Å². The number of halogens is 6. The molecule has 1 aromatic carbocycles. The summed E-state index contributed by atoms with van der Waals surface area (Å²) in [6.45, 7) is 6.28. The van der Waals surface area contributed by atoms with Gasteiger partial charge in [-0.05, 0) is 52.8 Å². The van der Waals surface area contributed by atoms with Crippen LogP contribution in [0.5, 0.6) is 0 Å². The Labute approximate surface area is 187 Å². The van der Waals surface area contributed by atoms with Gasteiger partial charge >= 0.3 is 6.18 Å². The number of benzene rings is 1. The zero-order valence-corrected chi connectivity index (χ0v) is 18.8. The molecular weight excluding hydrogens is 452 g/mol. The number of nitrogens with one attached hydrogen (secondary N) is 1. The Morgan fingerprint density at radius 2 is 1.76 bits per heavy atom. The van der Waals surface area contributed by atoms with Gasteiger partial charge in [-0.1, -0.05) is 0 Å². The number of alkyl halides is 3. The highest BCUT2D eigenvalue weighted by Gasteiger charge is 2.48. The van der Waals surface area contributed by atoms with E-state index in [9.17, 15) is 31.1 Å². The van der Waals surface area contributed by atoms with Crippen molar-refractivity contribution in [1.29, 1.82) is 0 Å². The smallest absolute Gasteiger partial charge is 0.326 e. The molecule has 3 rings (SSSR count). The van der Waals surface area contributed by atoms with Crippen molar-refractivity contribution < 1.29 is 31.1 Å². The number of nitrogens with zero attached hydrogens (tertiary/aromatic N) is 4. The second-order valence-corrected chi connectivity index (χ2v) is 9.24. The first kappa shape index (κ1) is 25.0. The quantitative estimate of drug-likeness (QED) is 0.522. The van der Waals surface area contributed by atoms with E-state index in [1.165, 1.54) is 4.90 Å². The highest BCUT2D eigenvalue weighted by atomic mass is 19.4. The third-order valence-electron chi connectivity index (χ3n) is 6.07. The van der Waals surface area contributed by atoms with Crippen molar-refractivity contribution in [2.75, 3.05) is 7.05 Å². The summed E-state index contributed by atoms with van der Waals surface area (Å²) in [6.07, 6.45) is -5.00. The predicted molar refractivity (Wildman–Crippen MR) is 106 cm³/mol. The standard InChI is InChI=1S/C21H25F6N5O/c1-11-17-29-30-18(21(25,26)27)31(17)10-19(2,3)32(11)16(33)9-20(4,28-5)8-12-6-14(23)15(24)7-13(12)22/h6-7,11,28H,8-10H2,1-5H3/t11?,20-/m1/s1. The van der Waals surface area contributed by atoms with Gasteiger partial charge in [0.1, 0.15) is 5.82 Å². The van der Waals surface area contributed by atoms with E-state index in [0.29, 0.717) is 6.07 Å². The van der Waals surface area contributed by atoms with Gasteiger partial charge in [-0.15, -0.1) is 10.2 Å². The SMILES string of the molecule is CN[C@@](C)(CC(=O)N1C(C)c2nnc(C(F)(F)F)n2CC1(C)C)Cc1cc(F)c(F)cc1F. The van der Waals surface area contributed by atoms with Crippen LogP contribution >= 0.6 is 0 Å². The second-order valence-electron chi connectivity index (χ2n) is 9.24. The van der Waals surface area contributed by atoms with Crippen LogP contribution in [0.2, 0.25) is 0 Å². The minimum absolute atomic E-state index is 0.00723. The molecule has 1 aliphatic rings. The largest absolute Gasteiger partial charge is 0.451 e. The van der Waals surface area contributed by atoms with Gasteiger partial charge in [-0.25, -0.2) is 13.2 Å². The fraction of sp³-hybridized carbons (Fsp3) is 0.571. The maximum atomic E-state index is 14.2. The number of carbonyl (C=O) groups is 1. The molecule has 0 bridgehead atoms. The van der Waals surface area contributed by atoms with Crippen molar-refractivity contribution in [1.82, 2.24) is 25.0 Å². The summed E-state index contributed by atoms with van der Waals surface area (Å²) in [4.78, 5) is 14.8. The maximum absolute atomic E-state index is 14.2. The first-order valence-corrected chi connectivity index (χ1v) is 10.2. The van der Waals surface area contributed by atoms with E-state index in [-0.39, 0.29) is 30.8 Å². The fourth-order valence-electron chi connectivity index (χ4n) is 4.42. The van der Waals surface area contributed by atoms with E-state index in [0.717, 1.165) is 10.6 Å². The molecule has 2 heterocycles. The minimum Gasteiger partial charge on any atom is -0.326 e. The van der Waals surface area contributed by atoms with E-state index in [1.807, 2.05) is 0 Å². The number of amides is 1. The van der Waals surface area contributed by atoms with Crippen molar-refractivity contribution in [3.8, 4) is 0 Å². The lowest BCUT2D eigenvalue weighted by atomic mass is 9.87. The Morgan fingerprint density at radius 3 is 2.33 bits per heavy atom. The maximum Gasteiger partial charge on any atom is 0.451 e. The highest BCUT2D eigenvalue weighted by Crippen LogP contribution is 2.39. The number of rotatable bonds is 5. The van der Waals surface area contributed by atoms with Crippen molar-refractivity contribution >= 4 is 5.91 Å². The zero-order valence-electron chi connectivity index (χ0n) is 18.8. The van der Waals surface area contributed by atoms with Crippen molar-refractivity contribution in [2.24, 2.45) is 0 Å². The molecule has 0 spiro atoms. The molecule has 0 radical (unpaired) electrons. The minimum atomic E-state index is -4.69. The van der Waals surface area contributed by atoms with Crippen LogP contribution in [0.3, 0.4) is 0 Å². The van der Waals surface area contributed by atoms with Crippen LogP contribution in [0.1, 0.15) is 57.4 Å². The molecule has 0 aliphatic carbocycles. The summed E-state index contributed by atoms with van der Waals surface area (Å²) in [7, 11) is 1.54. The fourth-order valence-corrected chi connectivity index (χ4v) is 4.42. The Balaban J connectivity index is 1.89. The molecule has 1 N–H and O–H groups in total. The molecule has 1 aliphatic heterocycles. The van der Waals surface area contributed by atoms with Crippen LogP contribution in [0.4, 0.5) is 26.3 Å². The molecule has 33 heavy (non-hydrogen) atoms. The van der Waals surface area contributed by atoms with Gasteiger partial charge in [0.15, 0.2) is 17.5 Å². The summed E-state index contributed by atoms with van der Waals surface area (Å²) in [6, 6.07) is 0.383. The molecule has 182 valence electrons. The first-order chi connectivity index (χ1) is 15.1. The Kier molecular flexibility index (Phi) is 6.29. The number of hydrogen-bond acceptors (Lipinski definition) is 4. The highest BCUT2D eigenvalue weighted by molar-refractivity contribution is 5.79. The van der Waals surface area contributed by atoms with Gasteiger partial charge < -0.3 is 14.8 Å². The molecule has 1 amide bonds. The van der Waals surface area contributed by atoms with Gasteiger partial charge in [0.25, 0.3) is 0 Å². The lowest BCUT2D eigenvalue weighted by molar-refractivity contribution is -0.151. The van der Waals surface area contributed by atoms with E-state index in [4.69, 9.17) is 0 Å². The average molecular weight is 477 g/mol. The number of likely N-dealkylation sites (N-methyl/N-ethyl adjacent to an activating group) is 1. The Hall–Kier alpha value is -2.63. The van der Waals surface area contributed by atoms with Crippen LogP contribution in [0.25, 0.3) is 0 Å². The third kappa shape index (κ3) is 4.71. The van der Waals surface area contributed by atoms with Crippen molar-refractivity contribution in [3.63, 3.8) is 0 Å². The number of hydrogen-bond donors (Lipinski definition) is 1. The topological polar surface area (TPSA) is 63.1 Å². The summed E-state index contributed by atoms with van der Waals surface area (Å²) in [5.74, 6) is -5.00. The molecule has 0 saturated carbocycles. The molecule has 0 fully saturated rings. The zero-order chi connectivity index (χ0) is 24.9. The lowest BCUT2D eigenvalue weighted by Gasteiger charge is -2.47. The molecular formula is C21H25F6N5O. The molecule has 2 atom stereocenters. The summed E-state index contributed by atoms with van der Waals surface area (Å²) >= 11 is 0. The molecule has 1 unspecified atom stereocenters. The van der Waals surface area contributed by atoms with Gasteiger partial charge in [-0.2, -0.15) is 13.2 Å². The second kappa shape index (κ2) is 8.30. The van der Waals surface area contributed by atoms with Gasteiger partial charge in [-0.3, -0.25) is 4.79 Å². The van der Waals surface area contributed by atoms with Crippen molar-refractivity contribution in [2.45, 2.75) is 70.4 Å². The van der Waals surface area contributed by atoms with Gasteiger partial charge in [0.05, 0.1) is 11.6 Å². The van der Waals surface area contributed by atoms with Crippen LogP contribution in [0.15, 0.2) is 12.1 Å². The Bertz CT molecular complexity index is 1070. The van der Waals surface area contributed by atoms with E-state index < -0.39 is 52.5 Å². The van der Waals surface area contributed by atoms with E-state index >= 15 is 0 Å². The normalized spacial score (nSPS) is 19.8. The monoisotopic (exact) mass is 477 g/mol. The van der Waals surface area contributed by atoms with Gasteiger partial charge in [0, 0.05) is 24.6 Å². The molecule has 2 aromatic rings. The number of fused-ring (bicyclic) bond motifs is 1. The molecule has 12 heteroatoms. The van der Waals surface area contributed by atoms with Crippen LogP contribution in [-0.4, -0.2) is 43.7 Å². The number of carbonyl (C=O) groups excluding carboxylic acids is 1. The van der Waals surface area contributed by atoms with Crippen LogP contribution in [-0.2, 0) is 23.9 Å². The average Bonchev–Trinajstić information content (AvgIpc) is 3.09. The molecule has 1 aromatic heterocycles. The first-order valence-electron chi connectivity index (χ1n) is 10.2. The summed E-state index contributed by atoms with van der Waals surface area (Å²) in [5, 5.41) is 9.88. The predicted octanol–water partition coefficient (Wildman–Crippen LogP) is 4.01. The van der Waals surface area contributed by atoms with Gasteiger partial charge in [0.2, 0.25) is 11.7 Å². The number of aromatic nitrogens is 3. The summed E-state index contributed by atoms with van der Waals surface area (Å²) in [5.41, 5.74) is -2.19. The summed E-state index contributed by atoms with van der Waals surface area (Å²) < 4.78 is 82.0.